The second-order valence-electron chi connectivity index (χ2n) is 11.6. The van der Waals surface area contributed by atoms with Gasteiger partial charge in [-0.15, -0.1) is 0 Å². The van der Waals surface area contributed by atoms with Crippen molar-refractivity contribution >= 4 is 12.0 Å². The number of carbonyl (C=O) groups is 1. The summed E-state index contributed by atoms with van der Waals surface area (Å²) in [6.07, 6.45) is 3.12. The van der Waals surface area contributed by atoms with Crippen LogP contribution in [0.15, 0.2) is 84.3 Å². The van der Waals surface area contributed by atoms with Crippen LogP contribution in [0.1, 0.15) is 75.3 Å². The average molecular weight is 507 g/mol. The Morgan fingerprint density at radius 1 is 0.921 bits per heavy atom. The fourth-order valence-electron chi connectivity index (χ4n) is 4.43. The zero-order valence-corrected chi connectivity index (χ0v) is 22.8. The third-order valence-corrected chi connectivity index (χ3v) is 6.71. The SMILES string of the molecule is CC(C)(C)c1ccc(/C=C/C(=O)Oc2ccc3c(c2)OC(N)=C(C#N)C3c2ccc(C(C)(C)C)cc2)cc1. The van der Waals surface area contributed by atoms with Gasteiger partial charge in [0.2, 0.25) is 5.88 Å². The van der Waals surface area contributed by atoms with Gasteiger partial charge in [0.05, 0.1) is 5.92 Å². The van der Waals surface area contributed by atoms with Gasteiger partial charge in [-0.3, -0.25) is 0 Å². The monoisotopic (exact) mass is 506 g/mol. The molecule has 5 nitrogen and oxygen atoms in total. The number of hydrogen-bond acceptors (Lipinski definition) is 5. The summed E-state index contributed by atoms with van der Waals surface area (Å²) < 4.78 is 11.3. The fourth-order valence-corrected chi connectivity index (χ4v) is 4.43. The van der Waals surface area contributed by atoms with Crippen molar-refractivity contribution in [3.8, 4) is 17.6 Å². The van der Waals surface area contributed by atoms with E-state index in [1.165, 1.54) is 17.2 Å². The largest absolute Gasteiger partial charge is 0.440 e. The first kappa shape index (κ1) is 26.8. The van der Waals surface area contributed by atoms with Gasteiger partial charge in [0.15, 0.2) is 0 Å². The number of allylic oxidation sites excluding steroid dienone is 1. The van der Waals surface area contributed by atoms with Crippen LogP contribution in [0.3, 0.4) is 0 Å². The molecule has 1 aliphatic heterocycles. The molecule has 2 N–H and O–H groups in total. The van der Waals surface area contributed by atoms with Crippen LogP contribution in [-0.4, -0.2) is 5.97 Å². The first-order valence-corrected chi connectivity index (χ1v) is 12.7. The highest BCUT2D eigenvalue weighted by Gasteiger charge is 2.31. The molecule has 3 aromatic carbocycles. The van der Waals surface area contributed by atoms with E-state index in [4.69, 9.17) is 15.2 Å². The number of nitrogens with zero attached hydrogens (tertiary/aromatic N) is 1. The molecule has 0 saturated heterocycles. The van der Waals surface area contributed by atoms with Crippen molar-refractivity contribution in [3.05, 3.63) is 112 Å². The highest BCUT2D eigenvalue weighted by Crippen LogP contribution is 2.43. The van der Waals surface area contributed by atoms with Crippen molar-refractivity contribution in [2.75, 3.05) is 0 Å². The third-order valence-electron chi connectivity index (χ3n) is 6.71. The molecule has 5 heteroatoms. The lowest BCUT2D eigenvalue weighted by molar-refractivity contribution is -0.128. The quantitative estimate of drug-likeness (QED) is 0.231. The number of nitrogens with two attached hydrogens (primary N) is 1. The van der Waals surface area contributed by atoms with Gasteiger partial charge in [-0.05, 0) is 45.2 Å². The summed E-state index contributed by atoms with van der Waals surface area (Å²) in [5.74, 6) is -0.0448. The number of nitriles is 1. The molecule has 194 valence electrons. The van der Waals surface area contributed by atoms with Crippen LogP contribution in [0, 0.1) is 11.3 Å². The predicted octanol–water partition coefficient (Wildman–Crippen LogP) is 7.12. The molecule has 1 aliphatic rings. The molecule has 3 aromatic rings. The van der Waals surface area contributed by atoms with Crippen LogP contribution in [-0.2, 0) is 15.6 Å². The predicted molar refractivity (Wildman–Crippen MR) is 151 cm³/mol. The summed E-state index contributed by atoms with van der Waals surface area (Å²) in [7, 11) is 0. The van der Waals surface area contributed by atoms with Crippen LogP contribution < -0.4 is 15.2 Å². The van der Waals surface area contributed by atoms with Crippen molar-refractivity contribution in [1.29, 1.82) is 5.26 Å². The summed E-state index contributed by atoms with van der Waals surface area (Å²) in [5.41, 5.74) is 11.6. The molecule has 1 heterocycles. The lowest BCUT2D eigenvalue weighted by Gasteiger charge is -2.27. The maximum atomic E-state index is 12.5. The van der Waals surface area contributed by atoms with E-state index in [1.54, 1.807) is 18.2 Å². The lowest BCUT2D eigenvalue weighted by Crippen LogP contribution is -2.21. The number of hydrogen-bond donors (Lipinski definition) is 1. The minimum absolute atomic E-state index is 0.0160. The molecule has 0 aromatic heterocycles. The number of ether oxygens (including phenoxy) is 2. The van der Waals surface area contributed by atoms with Crippen molar-refractivity contribution < 1.29 is 14.3 Å². The minimum Gasteiger partial charge on any atom is -0.440 e. The van der Waals surface area contributed by atoms with E-state index in [2.05, 4.69) is 71.9 Å². The summed E-state index contributed by atoms with van der Waals surface area (Å²) in [6, 6.07) is 23.7. The molecule has 0 aliphatic carbocycles. The number of fused-ring (bicyclic) bond motifs is 1. The highest BCUT2D eigenvalue weighted by atomic mass is 16.5. The summed E-state index contributed by atoms with van der Waals surface area (Å²) >= 11 is 0. The molecule has 4 rings (SSSR count). The molecular formula is C33H34N2O3. The highest BCUT2D eigenvalue weighted by molar-refractivity contribution is 5.88. The average Bonchev–Trinajstić information content (AvgIpc) is 2.86. The molecule has 0 spiro atoms. The van der Waals surface area contributed by atoms with Crippen molar-refractivity contribution in [3.63, 3.8) is 0 Å². The Morgan fingerprint density at radius 3 is 2.05 bits per heavy atom. The van der Waals surface area contributed by atoms with Crippen molar-refractivity contribution in [2.45, 2.75) is 58.3 Å². The summed E-state index contributed by atoms with van der Waals surface area (Å²) in [6.45, 7) is 13.0. The van der Waals surface area contributed by atoms with Crippen LogP contribution >= 0.6 is 0 Å². The van der Waals surface area contributed by atoms with Gasteiger partial charge in [0.1, 0.15) is 23.1 Å². The van der Waals surface area contributed by atoms with Gasteiger partial charge in [-0.2, -0.15) is 5.26 Å². The van der Waals surface area contributed by atoms with Gasteiger partial charge in [0, 0.05) is 17.7 Å². The van der Waals surface area contributed by atoms with Gasteiger partial charge in [0.25, 0.3) is 0 Å². The van der Waals surface area contributed by atoms with Crippen LogP contribution in [0.5, 0.6) is 11.5 Å². The Hall–Kier alpha value is -4.30. The topological polar surface area (TPSA) is 85.3 Å². The maximum absolute atomic E-state index is 12.5. The molecule has 0 bridgehead atoms. The van der Waals surface area contributed by atoms with Gasteiger partial charge in [-0.25, -0.2) is 4.79 Å². The molecule has 0 amide bonds. The molecule has 38 heavy (non-hydrogen) atoms. The molecule has 0 saturated carbocycles. The number of rotatable bonds is 4. The third kappa shape index (κ3) is 5.81. The Kier molecular flexibility index (Phi) is 7.20. The van der Waals surface area contributed by atoms with E-state index in [0.29, 0.717) is 17.1 Å². The number of benzene rings is 3. The van der Waals surface area contributed by atoms with E-state index in [9.17, 15) is 10.1 Å². The first-order valence-electron chi connectivity index (χ1n) is 12.7. The molecule has 0 fully saturated rings. The fraction of sp³-hybridized carbons (Fsp3) is 0.273. The molecule has 0 radical (unpaired) electrons. The standard InChI is InChI=1S/C33H34N2O3/c1-32(2,3)23-12-7-21(8-13-23)9-18-29(36)37-25-16-17-26-28(19-25)38-31(35)27(20-34)30(26)22-10-14-24(15-11-22)33(4,5)6/h7-19,30H,35H2,1-6H3/b18-9+. The van der Waals surface area contributed by atoms with Gasteiger partial charge < -0.3 is 15.2 Å². The number of esters is 1. The summed E-state index contributed by atoms with van der Waals surface area (Å²) in [5, 5.41) is 9.84. The van der Waals surface area contributed by atoms with Crippen molar-refractivity contribution in [1.82, 2.24) is 0 Å². The van der Waals surface area contributed by atoms with Crippen LogP contribution in [0.25, 0.3) is 6.08 Å². The maximum Gasteiger partial charge on any atom is 0.336 e. The Bertz CT molecular complexity index is 1440. The zero-order valence-electron chi connectivity index (χ0n) is 22.8. The minimum atomic E-state index is -0.504. The second-order valence-corrected chi connectivity index (χ2v) is 11.6. The van der Waals surface area contributed by atoms with Crippen LogP contribution in [0.2, 0.25) is 0 Å². The zero-order chi connectivity index (χ0) is 27.7. The second kappa shape index (κ2) is 10.2. The van der Waals surface area contributed by atoms with E-state index in [-0.39, 0.29) is 22.6 Å². The van der Waals surface area contributed by atoms with Gasteiger partial charge >= 0.3 is 5.97 Å². The van der Waals surface area contributed by atoms with E-state index in [0.717, 1.165) is 16.7 Å². The smallest absolute Gasteiger partial charge is 0.336 e. The summed E-state index contributed by atoms with van der Waals surface area (Å²) in [4.78, 5) is 12.5. The normalized spacial score (nSPS) is 15.6. The lowest BCUT2D eigenvalue weighted by atomic mass is 9.81. The van der Waals surface area contributed by atoms with Crippen molar-refractivity contribution in [2.24, 2.45) is 5.73 Å². The Morgan fingerprint density at radius 2 is 1.50 bits per heavy atom. The van der Waals surface area contributed by atoms with E-state index >= 15 is 0 Å². The van der Waals surface area contributed by atoms with Crippen LogP contribution in [0.4, 0.5) is 0 Å². The number of carbonyl (C=O) groups excluding carboxylic acids is 1. The molecular weight excluding hydrogens is 472 g/mol. The first-order chi connectivity index (χ1) is 17.9. The van der Waals surface area contributed by atoms with E-state index < -0.39 is 5.97 Å². The molecule has 1 unspecified atom stereocenters. The van der Waals surface area contributed by atoms with Gasteiger partial charge in [-0.1, -0.05) is 96.1 Å². The van der Waals surface area contributed by atoms with E-state index in [1.807, 2.05) is 30.3 Å². The Labute approximate surface area is 225 Å². The Balaban J connectivity index is 1.55. The molecule has 1 atom stereocenters.